The van der Waals surface area contributed by atoms with Crippen molar-refractivity contribution in [2.45, 2.75) is 45.1 Å². The van der Waals surface area contributed by atoms with Crippen molar-refractivity contribution in [2.24, 2.45) is 0 Å². The smallest absolute Gasteiger partial charge is 0.255 e. The van der Waals surface area contributed by atoms with E-state index in [0.717, 1.165) is 30.4 Å². The number of anilines is 1. The maximum Gasteiger partial charge on any atom is 0.255 e. The number of benzene rings is 1. The minimum atomic E-state index is -0.0146. The van der Waals surface area contributed by atoms with Gasteiger partial charge in [0.25, 0.3) is 5.91 Å². The van der Waals surface area contributed by atoms with Crippen LogP contribution >= 0.6 is 11.3 Å². The highest BCUT2D eigenvalue weighted by Crippen LogP contribution is 2.39. The lowest BCUT2D eigenvalue weighted by Gasteiger charge is -2.13. The van der Waals surface area contributed by atoms with Crippen molar-refractivity contribution in [3.05, 3.63) is 40.8 Å². The Bertz CT molecular complexity index is 657. The molecule has 116 valence electrons. The highest BCUT2D eigenvalue weighted by Gasteiger charge is 2.25. The molecule has 1 aliphatic rings. The maximum atomic E-state index is 12.8. The van der Waals surface area contributed by atoms with Crippen LogP contribution in [0.2, 0.25) is 0 Å². The second-order valence-electron chi connectivity index (χ2n) is 5.81. The van der Waals surface area contributed by atoms with Gasteiger partial charge in [-0.3, -0.25) is 4.79 Å². The summed E-state index contributed by atoms with van der Waals surface area (Å²) >= 11 is 1.54. The van der Waals surface area contributed by atoms with Gasteiger partial charge in [-0.25, -0.2) is 0 Å². The van der Waals surface area contributed by atoms with Crippen molar-refractivity contribution in [3.63, 3.8) is 0 Å². The highest BCUT2D eigenvalue weighted by molar-refractivity contribution is 7.17. The molecule has 1 fully saturated rings. The monoisotopic (exact) mass is 314 g/mol. The Kier molecular flexibility index (Phi) is 4.48. The number of nitrogens with one attached hydrogen (secondary N) is 1. The number of hydrogen-bond acceptors (Lipinski definition) is 3. The molecule has 0 radical (unpaired) electrons. The molecule has 1 saturated carbocycles. The van der Waals surface area contributed by atoms with E-state index in [0.29, 0.717) is 16.6 Å². The number of thiophene rings is 1. The molecule has 1 aromatic carbocycles. The molecule has 4 heteroatoms. The van der Waals surface area contributed by atoms with Crippen LogP contribution in [-0.4, -0.2) is 11.9 Å². The first-order valence-electron chi connectivity index (χ1n) is 7.98. The lowest BCUT2D eigenvalue weighted by molar-refractivity contribution is 0.0940. The van der Waals surface area contributed by atoms with Crippen molar-refractivity contribution >= 4 is 22.2 Å². The summed E-state index contributed by atoms with van der Waals surface area (Å²) in [5, 5.41) is 3.80. The third-order valence-corrected chi connectivity index (χ3v) is 5.47. The highest BCUT2D eigenvalue weighted by atomic mass is 32.1. The van der Waals surface area contributed by atoms with Gasteiger partial charge < -0.3 is 11.1 Å². The fourth-order valence-electron chi connectivity index (χ4n) is 3.21. The number of aryl methyl sites for hydroxylation is 1. The van der Waals surface area contributed by atoms with Gasteiger partial charge in [-0.05, 0) is 24.8 Å². The molecule has 0 bridgehead atoms. The van der Waals surface area contributed by atoms with E-state index in [1.807, 2.05) is 30.3 Å². The third kappa shape index (κ3) is 2.88. The molecule has 3 nitrogen and oxygen atoms in total. The van der Waals surface area contributed by atoms with Crippen molar-refractivity contribution < 1.29 is 4.79 Å². The van der Waals surface area contributed by atoms with Crippen LogP contribution in [-0.2, 0) is 6.42 Å². The summed E-state index contributed by atoms with van der Waals surface area (Å²) in [4.78, 5) is 13.9. The first-order valence-corrected chi connectivity index (χ1v) is 8.79. The second kappa shape index (κ2) is 6.53. The van der Waals surface area contributed by atoms with Gasteiger partial charge in [-0.1, -0.05) is 50.1 Å². The van der Waals surface area contributed by atoms with Crippen LogP contribution in [0.5, 0.6) is 0 Å². The molecule has 0 saturated heterocycles. The Morgan fingerprint density at radius 3 is 2.59 bits per heavy atom. The Hall–Kier alpha value is -1.81. The number of amides is 1. The Labute approximate surface area is 135 Å². The average Bonchev–Trinajstić information content (AvgIpc) is 3.15. The molecule has 1 heterocycles. The number of rotatable bonds is 4. The van der Waals surface area contributed by atoms with Gasteiger partial charge >= 0.3 is 0 Å². The van der Waals surface area contributed by atoms with Crippen molar-refractivity contribution in [1.82, 2.24) is 5.32 Å². The molecule has 1 amide bonds. The zero-order valence-corrected chi connectivity index (χ0v) is 13.7. The normalized spacial score (nSPS) is 15.1. The Morgan fingerprint density at radius 1 is 1.27 bits per heavy atom. The van der Waals surface area contributed by atoms with E-state index in [9.17, 15) is 4.79 Å². The molecule has 2 aromatic rings. The average molecular weight is 314 g/mol. The van der Waals surface area contributed by atoms with E-state index < -0.39 is 0 Å². The molecule has 1 aliphatic carbocycles. The zero-order chi connectivity index (χ0) is 15.5. The van der Waals surface area contributed by atoms with Crippen LogP contribution in [0.15, 0.2) is 30.3 Å². The summed E-state index contributed by atoms with van der Waals surface area (Å²) in [6, 6.07) is 10.4. The minimum absolute atomic E-state index is 0.0146. The summed E-state index contributed by atoms with van der Waals surface area (Å²) in [5.74, 6) is -0.0146. The van der Waals surface area contributed by atoms with Gasteiger partial charge in [-0.15, -0.1) is 11.3 Å². The molecule has 3 N–H and O–H groups in total. The molecule has 0 spiro atoms. The SMILES string of the molecule is CCc1sc(N)c(C(=O)NC2CCCC2)c1-c1ccccc1. The first kappa shape index (κ1) is 15.1. The standard InChI is InChI=1S/C18H22N2OS/c1-2-14-15(12-8-4-3-5-9-12)16(17(19)22-14)18(21)20-13-10-6-7-11-13/h3-5,8-9,13H,2,6-7,10-11,19H2,1H3,(H,20,21). The fourth-order valence-corrected chi connectivity index (χ4v) is 4.24. The molecule has 3 rings (SSSR count). The maximum absolute atomic E-state index is 12.8. The van der Waals surface area contributed by atoms with Crippen molar-refractivity contribution in [3.8, 4) is 11.1 Å². The summed E-state index contributed by atoms with van der Waals surface area (Å²) in [6.45, 7) is 2.11. The summed E-state index contributed by atoms with van der Waals surface area (Å²) in [7, 11) is 0. The van der Waals surface area contributed by atoms with Crippen LogP contribution in [0.25, 0.3) is 11.1 Å². The minimum Gasteiger partial charge on any atom is -0.390 e. The van der Waals surface area contributed by atoms with Crippen LogP contribution < -0.4 is 11.1 Å². The van der Waals surface area contributed by atoms with Gasteiger partial charge in [0.05, 0.1) is 10.6 Å². The first-order chi connectivity index (χ1) is 10.7. The van der Waals surface area contributed by atoms with E-state index in [2.05, 4.69) is 12.2 Å². The lowest BCUT2D eigenvalue weighted by Crippen LogP contribution is -2.33. The van der Waals surface area contributed by atoms with Gasteiger partial charge in [0.2, 0.25) is 0 Å². The topological polar surface area (TPSA) is 55.1 Å². The number of carbonyl (C=O) groups excluding carboxylic acids is 1. The number of hydrogen-bond donors (Lipinski definition) is 2. The number of carbonyl (C=O) groups is 1. The van der Waals surface area contributed by atoms with Crippen molar-refractivity contribution in [2.75, 3.05) is 5.73 Å². The lowest BCUT2D eigenvalue weighted by atomic mass is 9.99. The van der Waals surface area contributed by atoms with Crippen molar-refractivity contribution in [1.29, 1.82) is 0 Å². The van der Waals surface area contributed by atoms with E-state index in [-0.39, 0.29) is 5.91 Å². The van der Waals surface area contributed by atoms with E-state index in [1.165, 1.54) is 29.1 Å². The second-order valence-corrected chi connectivity index (χ2v) is 6.95. The molecule has 0 atom stereocenters. The number of nitrogens with two attached hydrogens (primary N) is 1. The quantitative estimate of drug-likeness (QED) is 0.887. The summed E-state index contributed by atoms with van der Waals surface area (Å²) in [5.41, 5.74) is 8.94. The summed E-state index contributed by atoms with van der Waals surface area (Å²) < 4.78 is 0. The molecule has 0 unspecified atom stereocenters. The molecular weight excluding hydrogens is 292 g/mol. The number of nitrogen functional groups attached to an aromatic ring is 1. The predicted molar refractivity (Wildman–Crippen MR) is 93.3 cm³/mol. The van der Waals surface area contributed by atoms with Crippen LogP contribution in [0.3, 0.4) is 0 Å². The van der Waals surface area contributed by atoms with E-state index in [4.69, 9.17) is 5.73 Å². The third-order valence-electron chi connectivity index (χ3n) is 4.31. The molecule has 22 heavy (non-hydrogen) atoms. The molecule has 1 aromatic heterocycles. The van der Waals surface area contributed by atoms with E-state index in [1.54, 1.807) is 0 Å². The Morgan fingerprint density at radius 2 is 1.95 bits per heavy atom. The largest absolute Gasteiger partial charge is 0.390 e. The predicted octanol–water partition coefficient (Wildman–Crippen LogP) is 4.23. The van der Waals surface area contributed by atoms with E-state index >= 15 is 0 Å². The van der Waals surface area contributed by atoms with Crippen LogP contribution in [0.1, 0.15) is 47.8 Å². The van der Waals surface area contributed by atoms with Gasteiger partial charge in [-0.2, -0.15) is 0 Å². The zero-order valence-electron chi connectivity index (χ0n) is 12.9. The van der Waals surface area contributed by atoms with Crippen LogP contribution in [0.4, 0.5) is 5.00 Å². The van der Waals surface area contributed by atoms with Gasteiger partial charge in [0.15, 0.2) is 0 Å². The molecule has 0 aliphatic heterocycles. The summed E-state index contributed by atoms with van der Waals surface area (Å²) in [6.07, 6.45) is 5.45. The van der Waals surface area contributed by atoms with Gasteiger partial charge in [0.1, 0.15) is 0 Å². The fraction of sp³-hybridized carbons (Fsp3) is 0.389. The Balaban J connectivity index is 1.99. The van der Waals surface area contributed by atoms with Crippen LogP contribution in [0, 0.1) is 0 Å². The molecular formula is C18H22N2OS. The van der Waals surface area contributed by atoms with Gasteiger partial charge in [0, 0.05) is 16.5 Å².